The minimum Gasteiger partial charge on any atom is -0.464 e. The predicted octanol–water partition coefficient (Wildman–Crippen LogP) is 1.47. The van der Waals surface area contributed by atoms with Gasteiger partial charge >= 0.3 is 5.97 Å². The van der Waals surface area contributed by atoms with Crippen LogP contribution in [-0.2, 0) is 14.3 Å². The summed E-state index contributed by atoms with van der Waals surface area (Å²) < 4.78 is 10.5. The molecule has 0 radical (unpaired) electrons. The second-order valence-electron chi connectivity index (χ2n) is 4.92. The molecule has 1 fully saturated rings. The molecule has 4 nitrogen and oxygen atoms in total. The Morgan fingerprint density at radius 3 is 2.50 bits per heavy atom. The number of carbonyl (C=O) groups excluding carboxylic acids is 1. The van der Waals surface area contributed by atoms with E-state index in [-0.39, 0.29) is 18.7 Å². The Bertz CT molecular complexity index is 210. The fourth-order valence-corrected chi connectivity index (χ4v) is 1.74. The van der Waals surface area contributed by atoms with Crippen LogP contribution in [0.1, 0.15) is 39.5 Å². The molecule has 0 aliphatic heterocycles. The van der Waals surface area contributed by atoms with E-state index in [1.807, 2.05) is 13.8 Å². The van der Waals surface area contributed by atoms with Gasteiger partial charge in [-0.1, -0.05) is 13.8 Å². The van der Waals surface area contributed by atoms with Crippen molar-refractivity contribution in [3.8, 4) is 0 Å². The molecule has 0 spiro atoms. The Hall–Kier alpha value is -0.610. The highest BCUT2D eigenvalue weighted by Crippen LogP contribution is 2.19. The van der Waals surface area contributed by atoms with Crippen LogP contribution in [0, 0.1) is 5.92 Å². The molecule has 4 heteroatoms. The van der Waals surface area contributed by atoms with Crippen molar-refractivity contribution in [2.75, 3.05) is 13.2 Å². The van der Waals surface area contributed by atoms with Gasteiger partial charge in [0.1, 0.15) is 6.61 Å². The van der Waals surface area contributed by atoms with Crippen LogP contribution in [0.4, 0.5) is 0 Å². The van der Waals surface area contributed by atoms with Crippen LogP contribution < -0.4 is 5.73 Å². The van der Waals surface area contributed by atoms with Gasteiger partial charge in [-0.3, -0.25) is 0 Å². The Labute approximate surface area is 97.5 Å². The minimum atomic E-state index is -0.261. The number of carbonyl (C=O) groups is 1. The number of hydrogen-bond acceptors (Lipinski definition) is 4. The van der Waals surface area contributed by atoms with Crippen molar-refractivity contribution in [3.05, 3.63) is 0 Å². The topological polar surface area (TPSA) is 61.5 Å². The van der Waals surface area contributed by atoms with Gasteiger partial charge in [-0.15, -0.1) is 0 Å². The van der Waals surface area contributed by atoms with E-state index in [9.17, 15) is 4.79 Å². The van der Waals surface area contributed by atoms with Crippen LogP contribution in [0.15, 0.2) is 0 Å². The molecule has 0 unspecified atom stereocenters. The standard InChI is InChI=1S/C12H23NO3/c1-9(2)7-16-12(14)8-15-11-5-3-10(13)4-6-11/h9-11H,3-8,13H2,1-2H3/t10-,11-. The lowest BCUT2D eigenvalue weighted by Crippen LogP contribution is -2.31. The summed E-state index contributed by atoms with van der Waals surface area (Å²) in [7, 11) is 0. The Balaban J connectivity index is 2.07. The predicted molar refractivity (Wildman–Crippen MR) is 62.0 cm³/mol. The highest BCUT2D eigenvalue weighted by molar-refractivity contribution is 5.70. The molecule has 1 aliphatic carbocycles. The average molecular weight is 229 g/mol. The molecule has 0 bridgehead atoms. The first kappa shape index (κ1) is 13.5. The zero-order valence-corrected chi connectivity index (χ0v) is 10.3. The number of hydrogen-bond donors (Lipinski definition) is 1. The van der Waals surface area contributed by atoms with Crippen molar-refractivity contribution in [1.82, 2.24) is 0 Å². The highest BCUT2D eigenvalue weighted by atomic mass is 16.6. The van der Waals surface area contributed by atoms with E-state index in [0.717, 1.165) is 25.7 Å². The maximum absolute atomic E-state index is 11.3. The third-order valence-electron chi connectivity index (χ3n) is 2.73. The summed E-state index contributed by atoms with van der Waals surface area (Å²) in [6.07, 6.45) is 4.08. The first-order valence-corrected chi connectivity index (χ1v) is 6.10. The molecule has 0 atom stereocenters. The van der Waals surface area contributed by atoms with Crippen LogP contribution in [0.3, 0.4) is 0 Å². The molecule has 1 aliphatic rings. The van der Waals surface area contributed by atoms with Crippen LogP contribution in [0.5, 0.6) is 0 Å². The van der Waals surface area contributed by atoms with E-state index < -0.39 is 0 Å². The van der Waals surface area contributed by atoms with Crippen molar-refractivity contribution in [1.29, 1.82) is 0 Å². The van der Waals surface area contributed by atoms with Crippen LogP contribution >= 0.6 is 0 Å². The molecule has 0 saturated heterocycles. The van der Waals surface area contributed by atoms with Crippen molar-refractivity contribution in [3.63, 3.8) is 0 Å². The summed E-state index contributed by atoms with van der Waals surface area (Å²) in [6, 6.07) is 0.313. The molecule has 1 rings (SSSR count). The Morgan fingerprint density at radius 1 is 1.31 bits per heavy atom. The molecule has 0 amide bonds. The van der Waals surface area contributed by atoms with Crippen LogP contribution in [0.2, 0.25) is 0 Å². The maximum atomic E-state index is 11.3. The van der Waals surface area contributed by atoms with E-state index in [0.29, 0.717) is 18.6 Å². The van der Waals surface area contributed by atoms with Crippen molar-refractivity contribution < 1.29 is 14.3 Å². The summed E-state index contributed by atoms with van der Waals surface area (Å²) in [4.78, 5) is 11.3. The van der Waals surface area contributed by atoms with Gasteiger partial charge in [-0.05, 0) is 31.6 Å². The van der Waals surface area contributed by atoms with E-state index in [4.69, 9.17) is 15.2 Å². The largest absolute Gasteiger partial charge is 0.464 e. The molecule has 16 heavy (non-hydrogen) atoms. The first-order valence-electron chi connectivity index (χ1n) is 6.10. The lowest BCUT2D eigenvalue weighted by atomic mass is 9.94. The van der Waals surface area contributed by atoms with Gasteiger partial charge in [0.05, 0.1) is 12.7 Å². The van der Waals surface area contributed by atoms with Gasteiger partial charge in [0.2, 0.25) is 0 Å². The molecule has 2 N–H and O–H groups in total. The third-order valence-corrected chi connectivity index (χ3v) is 2.73. The highest BCUT2D eigenvalue weighted by Gasteiger charge is 2.19. The quantitative estimate of drug-likeness (QED) is 0.725. The van der Waals surface area contributed by atoms with Gasteiger partial charge < -0.3 is 15.2 Å². The average Bonchev–Trinajstić information content (AvgIpc) is 2.25. The Kier molecular flexibility index (Phi) is 5.77. The monoisotopic (exact) mass is 229 g/mol. The van der Waals surface area contributed by atoms with Gasteiger partial charge in [-0.25, -0.2) is 4.79 Å². The zero-order valence-electron chi connectivity index (χ0n) is 10.3. The summed E-state index contributed by atoms with van der Waals surface area (Å²) in [6.45, 7) is 4.57. The van der Waals surface area contributed by atoms with Gasteiger partial charge in [-0.2, -0.15) is 0 Å². The van der Waals surface area contributed by atoms with Crippen molar-refractivity contribution in [2.24, 2.45) is 11.7 Å². The third kappa shape index (κ3) is 5.47. The SMILES string of the molecule is CC(C)COC(=O)CO[C@H]1CC[C@H](N)CC1. The smallest absolute Gasteiger partial charge is 0.332 e. The summed E-state index contributed by atoms with van der Waals surface area (Å²) in [5.41, 5.74) is 5.79. The van der Waals surface area contributed by atoms with E-state index in [1.54, 1.807) is 0 Å². The molecular weight excluding hydrogens is 206 g/mol. The summed E-state index contributed by atoms with van der Waals surface area (Å²) >= 11 is 0. The number of nitrogens with two attached hydrogens (primary N) is 1. The maximum Gasteiger partial charge on any atom is 0.332 e. The molecule has 0 aromatic carbocycles. The molecule has 94 valence electrons. The van der Waals surface area contributed by atoms with E-state index >= 15 is 0 Å². The fourth-order valence-electron chi connectivity index (χ4n) is 1.74. The van der Waals surface area contributed by atoms with E-state index in [2.05, 4.69) is 0 Å². The van der Waals surface area contributed by atoms with Gasteiger partial charge in [0, 0.05) is 6.04 Å². The van der Waals surface area contributed by atoms with Crippen LogP contribution in [-0.4, -0.2) is 31.3 Å². The normalized spacial score (nSPS) is 25.8. The summed E-state index contributed by atoms with van der Waals surface area (Å²) in [5.74, 6) is 0.111. The molecule has 0 aromatic rings. The van der Waals surface area contributed by atoms with Gasteiger partial charge in [0.15, 0.2) is 0 Å². The second kappa shape index (κ2) is 6.86. The lowest BCUT2D eigenvalue weighted by molar-refractivity contribution is -0.152. The fraction of sp³-hybridized carbons (Fsp3) is 0.917. The van der Waals surface area contributed by atoms with Gasteiger partial charge in [0.25, 0.3) is 0 Å². The molecule has 1 saturated carbocycles. The van der Waals surface area contributed by atoms with E-state index in [1.165, 1.54) is 0 Å². The number of rotatable bonds is 5. The number of ether oxygens (including phenoxy) is 2. The zero-order chi connectivity index (χ0) is 12.0. The van der Waals surface area contributed by atoms with Crippen molar-refractivity contribution in [2.45, 2.75) is 51.7 Å². The molecular formula is C12H23NO3. The minimum absolute atomic E-state index is 0.0760. The lowest BCUT2D eigenvalue weighted by Gasteiger charge is -2.25. The molecule has 0 aromatic heterocycles. The first-order chi connectivity index (χ1) is 7.58. The Morgan fingerprint density at radius 2 is 1.94 bits per heavy atom. The van der Waals surface area contributed by atoms with Crippen molar-refractivity contribution >= 4 is 5.97 Å². The second-order valence-corrected chi connectivity index (χ2v) is 4.92. The summed E-state index contributed by atoms with van der Waals surface area (Å²) in [5, 5.41) is 0. The number of esters is 1. The van der Waals surface area contributed by atoms with Crippen LogP contribution in [0.25, 0.3) is 0 Å². The molecule has 0 heterocycles.